The van der Waals surface area contributed by atoms with Crippen LogP contribution < -0.4 is 5.73 Å². The van der Waals surface area contributed by atoms with Crippen LogP contribution >= 0.6 is 11.3 Å². The number of carbonyl (C=O) groups is 1. The second-order valence-electron chi connectivity index (χ2n) is 3.26. The summed E-state index contributed by atoms with van der Waals surface area (Å²) >= 11 is 1.44. The van der Waals surface area contributed by atoms with E-state index in [1.165, 1.54) is 11.3 Å². The fourth-order valence-corrected chi connectivity index (χ4v) is 2.47. The van der Waals surface area contributed by atoms with E-state index < -0.39 is 12.0 Å². The number of carbonyl (C=O) groups excluding carboxylic acids is 1. The van der Waals surface area contributed by atoms with Crippen molar-refractivity contribution >= 4 is 27.5 Å². The maximum atomic E-state index is 11.2. The number of benzene rings is 1. The highest BCUT2D eigenvalue weighted by atomic mass is 32.1. The fraction of sp³-hybridized carbons (Fsp3) is 0.273. The van der Waals surface area contributed by atoms with Crippen LogP contribution in [0, 0.1) is 0 Å². The quantitative estimate of drug-likeness (QED) is 0.881. The summed E-state index contributed by atoms with van der Waals surface area (Å²) in [5.74, 6) is -0.499. The zero-order valence-electron chi connectivity index (χ0n) is 8.84. The van der Waals surface area contributed by atoms with Crippen LogP contribution in [-0.4, -0.2) is 17.5 Å². The van der Waals surface area contributed by atoms with Crippen molar-refractivity contribution in [2.45, 2.75) is 13.0 Å². The highest BCUT2D eigenvalue weighted by molar-refractivity contribution is 7.18. The second-order valence-corrected chi connectivity index (χ2v) is 4.32. The number of hydrogen-bond acceptors (Lipinski definition) is 4. The summed E-state index contributed by atoms with van der Waals surface area (Å²) in [6.07, 6.45) is -0.734. The van der Waals surface area contributed by atoms with E-state index in [2.05, 4.69) is 4.98 Å². The van der Waals surface area contributed by atoms with Gasteiger partial charge in [-0.1, -0.05) is 12.1 Å². The number of rotatable bonds is 4. The Bertz CT molecular complexity index is 476. The lowest BCUT2D eigenvalue weighted by molar-refractivity contribution is -0.129. The average Bonchev–Trinajstić information content (AvgIpc) is 2.68. The molecule has 0 aliphatic carbocycles. The third-order valence-electron chi connectivity index (χ3n) is 2.13. The number of primary amides is 1. The molecule has 0 fully saturated rings. The average molecular weight is 236 g/mol. The van der Waals surface area contributed by atoms with E-state index in [9.17, 15) is 4.79 Å². The van der Waals surface area contributed by atoms with E-state index in [0.717, 1.165) is 10.2 Å². The van der Waals surface area contributed by atoms with Crippen molar-refractivity contribution in [3.8, 4) is 0 Å². The molecule has 5 heteroatoms. The topological polar surface area (TPSA) is 65.2 Å². The molecule has 0 spiro atoms. The van der Waals surface area contributed by atoms with Crippen LogP contribution in [0.15, 0.2) is 24.3 Å². The van der Waals surface area contributed by atoms with E-state index in [1.807, 2.05) is 31.2 Å². The van der Waals surface area contributed by atoms with Gasteiger partial charge in [-0.2, -0.15) is 0 Å². The lowest BCUT2D eigenvalue weighted by atomic mass is 10.3. The third kappa shape index (κ3) is 2.05. The van der Waals surface area contributed by atoms with Gasteiger partial charge < -0.3 is 10.5 Å². The first-order valence-corrected chi connectivity index (χ1v) is 5.80. The van der Waals surface area contributed by atoms with Crippen LogP contribution in [0.4, 0.5) is 0 Å². The van der Waals surface area contributed by atoms with Gasteiger partial charge in [-0.25, -0.2) is 4.98 Å². The highest BCUT2D eigenvalue weighted by Crippen LogP contribution is 2.27. The van der Waals surface area contributed by atoms with Crippen molar-refractivity contribution in [2.24, 2.45) is 5.73 Å². The minimum Gasteiger partial charge on any atom is -0.367 e. The summed E-state index contributed by atoms with van der Waals surface area (Å²) in [5, 5.41) is 0.621. The van der Waals surface area contributed by atoms with Crippen LogP contribution in [0.3, 0.4) is 0 Å². The van der Waals surface area contributed by atoms with E-state index in [1.54, 1.807) is 0 Å². The van der Waals surface area contributed by atoms with Crippen molar-refractivity contribution in [3.05, 3.63) is 29.3 Å². The van der Waals surface area contributed by atoms with Gasteiger partial charge in [0.25, 0.3) is 5.91 Å². The van der Waals surface area contributed by atoms with Gasteiger partial charge in [0, 0.05) is 6.61 Å². The van der Waals surface area contributed by atoms with Crippen molar-refractivity contribution in [1.29, 1.82) is 0 Å². The number of hydrogen-bond donors (Lipinski definition) is 1. The van der Waals surface area contributed by atoms with Gasteiger partial charge in [-0.3, -0.25) is 4.79 Å². The van der Waals surface area contributed by atoms with Gasteiger partial charge >= 0.3 is 0 Å². The molecule has 4 nitrogen and oxygen atoms in total. The summed E-state index contributed by atoms with van der Waals surface area (Å²) in [4.78, 5) is 15.6. The predicted octanol–water partition coefficient (Wildman–Crippen LogP) is 1.86. The Kier molecular flexibility index (Phi) is 3.17. The molecule has 0 bridgehead atoms. The van der Waals surface area contributed by atoms with Crippen LogP contribution in [-0.2, 0) is 9.53 Å². The molecule has 0 saturated heterocycles. The molecule has 1 aromatic heterocycles. The van der Waals surface area contributed by atoms with E-state index in [0.29, 0.717) is 11.6 Å². The van der Waals surface area contributed by atoms with Crippen LogP contribution in [0.2, 0.25) is 0 Å². The Morgan fingerprint density at radius 3 is 2.94 bits per heavy atom. The predicted molar refractivity (Wildman–Crippen MR) is 63.2 cm³/mol. The Hall–Kier alpha value is -1.46. The number of fused-ring (bicyclic) bond motifs is 1. The summed E-state index contributed by atoms with van der Waals surface area (Å²) in [6.45, 7) is 2.26. The van der Waals surface area contributed by atoms with Gasteiger partial charge in [0.2, 0.25) is 0 Å². The lowest BCUT2D eigenvalue weighted by Gasteiger charge is -2.09. The van der Waals surface area contributed by atoms with Crippen LogP contribution in [0.5, 0.6) is 0 Å². The summed E-state index contributed by atoms with van der Waals surface area (Å²) in [5.41, 5.74) is 6.15. The van der Waals surface area contributed by atoms with Gasteiger partial charge in [-0.05, 0) is 19.1 Å². The number of para-hydroxylation sites is 1. The van der Waals surface area contributed by atoms with Crippen LogP contribution in [0.1, 0.15) is 18.0 Å². The standard InChI is InChI=1S/C11H12N2O2S/c1-2-15-9(10(12)14)11-13-7-5-3-4-6-8(7)16-11/h3-6,9H,2H2,1H3,(H2,12,14). The number of nitrogens with two attached hydrogens (primary N) is 1. The molecule has 1 heterocycles. The molecule has 0 aliphatic rings. The molecular formula is C11H12N2O2S. The summed E-state index contributed by atoms with van der Waals surface area (Å²) in [7, 11) is 0. The Morgan fingerprint density at radius 2 is 2.31 bits per heavy atom. The molecule has 2 rings (SSSR count). The van der Waals surface area contributed by atoms with E-state index >= 15 is 0 Å². The normalized spacial score (nSPS) is 12.8. The molecule has 0 radical (unpaired) electrons. The molecule has 84 valence electrons. The Balaban J connectivity index is 2.40. The van der Waals surface area contributed by atoms with E-state index in [-0.39, 0.29) is 0 Å². The number of thiazole rings is 1. The second kappa shape index (κ2) is 4.59. The van der Waals surface area contributed by atoms with Crippen molar-refractivity contribution in [2.75, 3.05) is 6.61 Å². The fourth-order valence-electron chi connectivity index (χ4n) is 1.44. The first-order chi connectivity index (χ1) is 7.72. The molecule has 16 heavy (non-hydrogen) atoms. The highest BCUT2D eigenvalue weighted by Gasteiger charge is 2.21. The molecule has 2 aromatic rings. The molecule has 2 N–H and O–H groups in total. The van der Waals surface area contributed by atoms with Crippen molar-refractivity contribution in [3.63, 3.8) is 0 Å². The Labute approximate surface area is 97.0 Å². The number of ether oxygens (including phenoxy) is 1. The monoisotopic (exact) mass is 236 g/mol. The zero-order chi connectivity index (χ0) is 11.5. The minimum absolute atomic E-state index is 0.434. The van der Waals surface area contributed by atoms with Gasteiger partial charge in [-0.15, -0.1) is 11.3 Å². The molecule has 1 amide bonds. The maximum Gasteiger partial charge on any atom is 0.253 e. The van der Waals surface area contributed by atoms with E-state index in [4.69, 9.17) is 10.5 Å². The molecular weight excluding hydrogens is 224 g/mol. The first kappa shape index (κ1) is 11.0. The molecule has 0 saturated carbocycles. The van der Waals surface area contributed by atoms with Gasteiger partial charge in [0.05, 0.1) is 10.2 Å². The van der Waals surface area contributed by atoms with Gasteiger partial charge in [0.15, 0.2) is 6.10 Å². The van der Waals surface area contributed by atoms with Crippen LogP contribution in [0.25, 0.3) is 10.2 Å². The lowest BCUT2D eigenvalue weighted by Crippen LogP contribution is -2.23. The first-order valence-electron chi connectivity index (χ1n) is 4.98. The minimum atomic E-state index is -0.734. The molecule has 0 aliphatic heterocycles. The largest absolute Gasteiger partial charge is 0.367 e. The maximum absolute atomic E-state index is 11.2. The number of aromatic nitrogens is 1. The summed E-state index contributed by atoms with van der Waals surface area (Å²) in [6, 6.07) is 7.70. The van der Waals surface area contributed by atoms with Crippen molar-refractivity contribution in [1.82, 2.24) is 4.98 Å². The van der Waals surface area contributed by atoms with Gasteiger partial charge in [0.1, 0.15) is 5.01 Å². The number of amides is 1. The molecule has 1 unspecified atom stereocenters. The Morgan fingerprint density at radius 1 is 1.56 bits per heavy atom. The SMILES string of the molecule is CCOC(C(N)=O)c1nc2ccccc2s1. The zero-order valence-corrected chi connectivity index (χ0v) is 9.66. The molecule has 1 aromatic carbocycles. The smallest absolute Gasteiger partial charge is 0.253 e. The molecule has 1 atom stereocenters. The van der Waals surface area contributed by atoms with Crippen molar-refractivity contribution < 1.29 is 9.53 Å². The third-order valence-corrected chi connectivity index (χ3v) is 3.21. The summed E-state index contributed by atoms with van der Waals surface area (Å²) < 4.78 is 6.32. The number of nitrogens with zero attached hydrogens (tertiary/aromatic N) is 1.